The number of carbonyl (C=O) groups excluding carboxylic acids is 1. The minimum atomic E-state index is -0.771. The minimum Gasteiger partial charge on any atom is -0.474 e. The Morgan fingerprint density at radius 3 is 2.81 bits per heavy atom. The topological polar surface area (TPSA) is 132 Å². The molecule has 0 fully saturated rings. The van der Waals surface area contributed by atoms with E-state index in [-0.39, 0.29) is 13.2 Å². The van der Waals surface area contributed by atoms with E-state index in [0.717, 1.165) is 5.56 Å². The number of H-pyrrole nitrogens is 1. The van der Waals surface area contributed by atoms with Crippen LogP contribution in [-0.4, -0.2) is 50.7 Å². The Morgan fingerprint density at radius 2 is 2.11 bits per heavy atom. The average molecular weight is 371 g/mol. The maximum absolute atomic E-state index is 12.3. The van der Waals surface area contributed by atoms with Gasteiger partial charge in [-0.05, 0) is 12.5 Å². The van der Waals surface area contributed by atoms with Crippen LogP contribution in [0.3, 0.4) is 0 Å². The summed E-state index contributed by atoms with van der Waals surface area (Å²) in [6, 6.07) is 9.79. The molecule has 0 aliphatic heterocycles. The van der Waals surface area contributed by atoms with E-state index >= 15 is 0 Å². The van der Waals surface area contributed by atoms with Gasteiger partial charge in [0, 0.05) is 12.3 Å². The van der Waals surface area contributed by atoms with E-state index in [1.165, 1.54) is 6.20 Å². The Bertz CT molecular complexity index is 897. The monoisotopic (exact) mass is 371 g/mol. The second-order valence-electron chi connectivity index (χ2n) is 5.94. The van der Waals surface area contributed by atoms with E-state index in [1.54, 1.807) is 13.0 Å². The van der Waals surface area contributed by atoms with Gasteiger partial charge in [0.25, 0.3) is 0 Å². The highest BCUT2D eigenvalue weighted by Crippen LogP contribution is 2.23. The summed E-state index contributed by atoms with van der Waals surface area (Å²) >= 11 is 0. The van der Waals surface area contributed by atoms with E-state index < -0.39 is 18.2 Å². The molecule has 2 atom stereocenters. The van der Waals surface area contributed by atoms with Crippen LogP contribution in [0, 0.1) is 0 Å². The molecule has 0 aliphatic rings. The van der Waals surface area contributed by atoms with E-state index in [0.29, 0.717) is 22.6 Å². The first-order valence-electron chi connectivity index (χ1n) is 8.47. The molecule has 0 bridgehead atoms. The molecule has 27 heavy (non-hydrogen) atoms. The maximum Gasteiger partial charge on any atom is 0.320 e. The lowest BCUT2D eigenvalue weighted by Crippen LogP contribution is -2.37. The van der Waals surface area contributed by atoms with Crippen LogP contribution < -0.4 is 15.4 Å². The highest BCUT2D eigenvalue weighted by molar-refractivity contribution is 5.92. The summed E-state index contributed by atoms with van der Waals surface area (Å²) in [5, 5.41) is 31.6. The standard InChI is InChI=1S/C18H21N5O4/c1-11(25)16(12-5-3-2-4-6-12)21-18(26)20-15-9-14-13(10-19-15)17(23-22-14)27-8-7-24/h2-6,9-11,16,24-25H,7-8H2,1H3,(H,22,23)(H2,19,20,21,26)/t11-,16-/m1/s1. The van der Waals surface area contributed by atoms with Gasteiger partial charge in [-0.25, -0.2) is 9.78 Å². The van der Waals surface area contributed by atoms with Crippen molar-refractivity contribution in [2.24, 2.45) is 0 Å². The van der Waals surface area contributed by atoms with Crippen LogP contribution in [0.1, 0.15) is 18.5 Å². The summed E-state index contributed by atoms with van der Waals surface area (Å²) in [5.74, 6) is 0.649. The predicted molar refractivity (Wildman–Crippen MR) is 99.5 cm³/mol. The molecule has 142 valence electrons. The number of pyridine rings is 1. The molecule has 1 aromatic carbocycles. The number of anilines is 1. The van der Waals surface area contributed by atoms with Gasteiger partial charge in [0.2, 0.25) is 5.88 Å². The van der Waals surface area contributed by atoms with E-state index in [1.807, 2.05) is 30.3 Å². The smallest absolute Gasteiger partial charge is 0.320 e. The second kappa shape index (κ2) is 8.47. The van der Waals surface area contributed by atoms with Gasteiger partial charge in [0.15, 0.2) is 0 Å². The first kappa shape index (κ1) is 18.6. The number of nitrogens with zero attached hydrogens (tertiary/aromatic N) is 2. The predicted octanol–water partition coefficient (Wildman–Crippen LogP) is 1.57. The molecule has 0 radical (unpaired) electrons. The van der Waals surface area contributed by atoms with E-state index in [2.05, 4.69) is 25.8 Å². The number of hydrogen-bond donors (Lipinski definition) is 5. The Balaban J connectivity index is 1.69. The normalized spacial score (nSPS) is 13.1. The second-order valence-corrected chi connectivity index (χ2v) is 5.94. The molecule has 9 heteroatoms. The lowest BCUT2D eigenvalue weighted by Gasteiger charge is -2.22. The van der Waals surface area contributed by atoms with Gasteiger partial charge in [0.05, 0.1) is 29.7 Å². The molecule has 0 aliphatic carbocycles. The first-order valence-corrected chi connectivity index (χ1v) is 8.47. The minimum absolute atomic E-state index is 0.118. The van der Waals surface area contributed by atoms with Crippen molar-refractivity contribution < 1.29 is 19.7 Å². The van der Waals surface area contributed by atoms with Crippen molar-refractivity contribution in [1.29, 1.82) is 0 Å². The number of carbonyl (C=O) groups is 1. The van der Waals surface area contributed by atoms with E-state index in [4.69, 9.17) is 9.84 Å². The highest BCUT2D eigenvalue weighted by atomic mass is 16.5. The van der Waals surface area contributed by atoms with Gasteiger partial charge in [-0.2, -0.15) is 0 Å². The highest BCUT2D eigenvalue weighted by Gasteiger charge is 2.20. The number of rotatable bonds is 7. The summed E-state index contributed by atoms with van der Waals surface area (Å²) < 4.78 is 5.30. The van der Waals surface area contributed by atoms with Crippen LogP contribution in [0.2, 0.25) is 0 Å². The molecule has 3 rings (SSSR count). The maximum atomic E-state index is 12.3. The van der Waals surface area contributed by atoms with Gasteiger partial charge in [-0.1, -0.05) is 30.3 Å². The molecule has 9 nitrogen and oxygen atoms in total. The van der Waals surface area contributed by atoms with Crippen molar-refractivity contribution in [1.82, 2.24) is 20.5 Å². The van der Waals surface area contributed by atoms with Crippen LogP contribution >= 0.6 is 0 Å². The Kier molecular flexibility index (Phi) is 5.84. The zero-order valence-electron chi connectivity index (χ0n) is 14.7. The number of nitrogens with one attached hydrogen (secondary N) is 3. The number of ether oxygens (including phenoxy) is 1. The fourth-order valence-electron chi connectivity index (χ4n) is 2.65. The van der Waals surface area contributed by atoms with Crippen LogP contribution in [0.5, 0.6) is 5.88 Å². The Hall–Kier alpha value is -3.17. The van der Waals surface area contributed by atoms with Crippen molar-refractivity contribution in [2.45, 2.75) is 19.1 Å². The van der Waals surface area contributed by atoms with Crippen LogP contribution in [0.15, 0.2) is 42.6 Å². The zero-order valence-corrected chi connectivity index (χ0v) is 14.7. The number of aromatic nitrogens is 3. The number of urea groups is 1. The van der Waals surface area contributed by atoms with Crippen molar-refractivity contribution in [3.8, 4) is 5.88 Å². The molecule has 2 amide bonds. The average Bonchev–Trinajstić information content (AvgIpc) is 3.07. The van der Waals surface area contributed by atoms with Gasteiger partial charge in [-0.15, -0.1) is 5.10 Å². The Labute approximate surface area is 155 Å². The van der Waals surface area contributed by atoms with Crippen molar-refractivity contribution >= 4 is 22.8 Å². The lowest BCUT2D eigenvalue weighted by molar-refractivity contribution is 0.148. The molecule has 5 N–H and O–H groups in total. The first-order chi connectivity index (χ1) is 13.1. The SMILES string of the molecule is C[C@@H](O)[C@@H](NC(=O)Nc1cc2[nH]nc(OCCO)c2cn1)c1ccccc1. The van der Waals surface area contributed by atoms with Crippen LogP contribution in [0.25, 0.3) is 10.9 Å². The summed E-state index contributed by atoms with van der Waals surface area (Å²) in [6.45, 7) is 1.62. The lowest BCUT2D eigenvalue weighted by atomic mass is 10.0. The number of benzene rings is 1. The van der Waals surface area contributed by atoms with Crippen molar-refractivity contribution in [3.63, 3.8) is 0 Å². The largest absolute Gasteiger partial charge is 0.474 e. The van der Waals surface area contributed by atoms with Crippen LogP contribution in [0.4, 0.5) is 10.6 Å². The number of aliphatic hydroxyl groups is 2. The molecule has 0 spiro atoms. The number of hydrogen-bond acceptors (Lipinski definition) is 6. The fraction of sp³-hybridized carbons (Fsp3) is 0.278. The number of amides is 2. The molecular formula is C18H21N5O4. The Morgan fingerprint density at radius 1 is 1.33 bits per heavy atom. The quantitative estimate of drug-likeness (QED) is 0.428. The zero-order chi connectivity index (χ0) is 19.2. The summed E-state index contributed by atoms with van der Waals surface area (Å²) in [4.78, 5) is 16.5. The van der Waals surface area contributed by atoms with Gasteiger partial charge in [0.1, 0.15) is 12.4 Å². The number of fused-ring (bicyclic) bond motifs is 1. The molecule has 0 unspecified atom stereocenters. The summed E-state index contributed by atoms with van der Waals surface area (Å²) in [7, 11) is 0. The molecule has 2 aromatic heterocycles. The fourth-order valence-corrected chi connectivity index (χ4v) is 2.65. The third kappa shape index (κ3) is 4.52. The van der Waals surface area contributed by atoms with Gasteiger partial charge in [-0.3, -0.25) is 10.4 Å². The molecule has 2 heterocycles. The third-order valence-corrected chi connectivity index (χ3v) is 3.91. The van der Waals surface area contributed by atoms with Crippen molar-refractivity contribution in [3.05, 3.63) is 48.2 Å². The van der Waals surface area contributed by atoms with Crippen LogP contribution in [-0.2, 0) is 0 Å². The van der Waals surface area contributed by atoms with Gasteiger partial charge >= 0.3 is 6.03 Å². The summed E-state index contributed by atoms with van der Waals surface area (Å²) in [6.07, 6.45) is 0.747. The van der Waals surface area contributed by atoms with E-state index in [9.17, 15) is 9.90 Å². The molecule has 0 saturated carbocycles. The van der Waals surface area contributed by atoms with Gasteiger partial charge < -0.3 is 20.3 Å². The summed E-state index contributed by atoms with van der Waals surface area (Å²) in [5.41, 5.74) is 1.42. The molecular weight excluding hydrogens is 350 g/mol. The number of aromatic amines is 1. The number of aliphatic hydroxyl groups excluding tert-OH is 2. The third-order valence-electron chi connectivity index (χ3n) is 3.91. The van der Waals surface area contributed by atoms with Crippen molar-refractivity contribution in [2.75, 3.05) is 18.5 Å². The molecule has 0 saturated heterocycles. The molecule has 3 aromatic rings.